The summed E-state index contributed by atoms with van der Waals surface area (Å²) in [4.78, 5) is 11.2. The highest BCUT2D eigenvalue weighted by molar-refractivity contribution is 5.70. The van der Waals surface area contributed by atoms with E-state index in [4.69, 9.17) is 0 Å². The number of rotatable bonds is 3. The van der Waals surface area contributed by atoms with Crippen LogP contribution in [-0.2, 0) is 11.2 Å². The second-order valence-corrected chi connectivity index (χ2v) is 5.27. The number of aryl methyl sites for hydroxylation is 2. The lowest BCUT2D eigenvalue weighted by atomic mass is 9.88. The van der Waals surface area contributed by atoms with Gasteiger partial charge in [0.1, 0.15) is 0 Å². The largest absolute Gasteiger partial charge is 0.481 e. The average Bonchev–Trinajstić information content (AvgIpc) is 2.71. The summed E-state index contributed by atoms with van der Waals surface area (Å²) >= 11 is 0. The summed E-state index contributed by atoms with van der Waals surface area (Å²) in [6.45, 7) is 4.20. The number of carbonyl (C=O) groups is 1. The van der Waals surface area contributed by atoms with Crippen LogP contribution in [0.3, 0.4) is 0 Å². The van der Waals surface area contributed by atoms with Crippen molar-refractivity contribution < 1.29 is 9.90 Å². The van der Waals surface area contributed by atoms with Crippen molar-refractivity contribution in [3.8, 4) is 0 Å². The molecule has 0 aromatic heterocycles. The van der Waals surface area contributed by atoms with Crippen molar-refractivity contribution in [3.63, 3.8) is 0 Å². The summed E-state index contributed by atoms with van der Waals surface area (Å²) < 4.78 is 0. The monoisotopic (exact) mass is 232 g/mol. The van der Waals surface area contributed by atoms with Crippen LogP contribution in [0.25, 0.3) is 0 Å². The molecule has 0 amide bonds. The molecule has 92 valence electrons. The predicted molar refractivity (Wildman–Crippen MR) is 68.1 cm³/mol. The third-order valence-corrected chi connectivity index (χ3v) is 3.96. The van der Waals surface area contributed by atoms with Crippen LogP contribution in [0.4, 0.5) is 0 Å². The highest BCUT2D eigenvalue weighted by Crippen LogP contribution is 2.35. The van der Waals surface area contributed by atoms with Gasteiger partial charge in [-0.1, -0.05) is 30.2 Å². The lowest BCUT2D eigenvalue weighted by Crippen LogP contribution is -2.20. The summed E-state index contributed by atoms with van der Waals surface area (Å²) in [6, 6.07) is 6.45. The molecule has 2 nitrogen and oxygen atoms in total. The van der Waals surface area contributed by atoms with Crippen molar-refractivity contribution in [2.75, 3.05) is 0 Å². The first-order chi connectivity index (χ1) is 8.08. The van der Waals surface area contributed by atoms with Crippen LogP contribution in [0, 0.1) is 25.7 Å². The summed E-state index contributed by atoms with van der Waals surface area (Å²) in [5.41, 5.74) is 3.87. The van der Waals surface area contributed by atoms with Gasteiger partial charge in [-0.25, -0.2) is 0 Å². The lowest BCUT2D eigenvalue weighted by Gasteiger charge is -2.17. The van der Waals surface area contributed by atoms with Crippen molar-refractivity contribution in [1.82, 2.24) is 0 Å². The Morgan fingerprint density at radius 2 is 2.12 bits per heavy atom. The van der Waals surface area contributed by atoms with Crippen LogP contribution < -0.4 is 0 Å². The van der Waals surface area contributed by atoms with Gasteiger partial charge >= 0.3 is 5.97 Å². The van der Waals surface area contributed by atoms with E-state index in [0.717, 1.165) is 25.7 Å². The molecule has 0 heterocycles. The van der Waals surface area contributed by atoms with E-state index in [0.29, 0.717) is 5.92 Å². The quantitative estimate of drug-likeness (QED) is 0.867. The molecule has 0 bridgehead atoms. The van der Waals surface area contributed by atoms with Crippen LogP contribution in [0.15, 0.2) is 18.2 Å². The standard InChI is InChI=1S/C15H20O2/c1-10-6-7-11(2)13(8-10)9-12-4-3-5-14(12)15(16)17/h6-8,12,14H,3-5,9H2,1-2H3,(H,16,17). The third kappa shape index (κ3) is 2.68. The van der Waals surface area contributed by atoms with Crippen LogP contribution in [0.2, 0.25) is 0 Å². The zero-order chi connectivity index (χ0) is 12.4. The van der Waals surface area contributed by atoms with Gasteiger partial charge in [0.25, 0.3) is 0 Å². The minimum absolute atomic E-state index is 0.130. The van der Waals surface area contributed by atoms with E-state index >= 15 is 0 Å². The van der Waals surface area contributed by atoms with Crippen molar-refractivity contribution in [3.05, 3.63) is 34.9 Å². The fraction of sp³-hybridized carbons (Fsp3) is 0.533. The summed E-state index contributed by atoms with van der Waals surface area (Å²) in [5.74, 6) is -0.416. The topological polar surface area (TPSA) is 37.3 Å². The molecular formula is C15H20O2. The Balaban J connectivity index is 2.15. The second-order valence-electron chi connectivity index (χ2n) is 5.27. The van der Waals surface area contributed by atoms with E-state index < -0.39 is 5.97 Å². The molecule has 1 aromatic carbocycles. The minimum atomic E-state index is -0.613. The molecule has 2 unspecified atom stereocenters. The molecule has 0 aliphatic heterocycles. The molecule has 1 saturated carbocycles. The molecule has 2 atom stereocenters. The van der Waals surface area contributed by atoms with E-state index in [2.05, 4.69) is 32.0 Å². The van der Waals surface area contributed by atoms with Gasteiger partial charge < -0.3 is 5.11 Å². The SMILES string of the molecule is Cc1ccc(C)c(CC2CCCC2C(=O)O)c1. The number of benzene rings is 1. The van der Waals surface area contributed by atoms with Crippen molar-refractivity contribution in [2.24, 2.45) is 11.8 Å². The number of hydrogen-bond donors (Lipinski definition) is 1. The molecule has 0 radical (unpaired) electrons. The third-order valence-electron chi connectivity index (χ3n) is 3.96. The van der Waals surface area contributed by atoms with E-state index in [-0.39, 0.29) is 5.92 Å². The molecule has 2 rings (SSSR count). The molecular weight excluding hydrogens is 212 g/mol. The molecule has 17 heavy (non-hydrogen) atoms. The average molecular weight is 232 g/mol. The highest BCUT2D eigenvalue weighted by atomic mass is 16.4. The minimum Gasteiger partial charge on any atom is -0.481 e. The maximum Gasteiger partial charge on any atom is 0.306 e. The molecule has 0 saturated heterocycles. The molecule has 1 aliphatic carbocycles. The van der Waals surface area contributed by atoms with Crippen molar-refractivity contribution in [1.29, 1.82) is 0 Å². The van der Waals surface area contributed by atoms with Crippen LogP contribution in [0.5, 0.6) is 0 Å². The van der Waals surface area contributed by atoms with Gasteiger partial charge in [0.05, 0.1) is 5.92 Å². The number of aliphatic carboxylic acids is 1. The Kier molecular flexibility index (Phi) is 3.51. The maximum absolute atomic E-state index is 11.2. The van der Waals surface area contributed by atoms with Crippen LogP contribution in [0.1, 0.15) is 36.0 Å². The summed E-state index contributed by atoms with van der Waals surface area (Å²) in [6.07, 6.45) is 3.90. The van der Waals surface area contributed by atoms with Gasteiger partial charge in [-0.05, 0) is 50.2 Å². The first kappa shape index (κ1) is 12.2. The van der Waals surface area contributed by atoms with Crippen molar-refractivity contribution in [2.45, 2.75) is 39.5 Å². The van der Waals surface area contributed by atoms with Gasteiger partial charge in [0.15, 0.2) is 0 Å². The van der Waals surface area contributed by atoms with Gasteiger partial charge in [-0.2, -0.15) is 0 Å². The van der Waals surface area contributed by atoms with Gasteiger partial charge in [-0.3, -0.25) is 4.79 Å². The second kappa shape index (κ2) is 4.91. The number of carboxylic acids is 1. The summed E-state index contributed by atoms with van der Waals surface area (Å²) in [5, 5.41) is 9.19. The normalized spacial score (nSPS) is 23.9. The maximum atomic E-state index is 11.2. The van der Waals surface area contributed by atoms with Gasteiger partial charge in [0.2, 0.25) is 0 Å². The lowest BCUT2D eigenvalue weighted by molar-refractivity contribution is -0.142. The predicted octanol–water partition coefficient (Wildman–Crippen LogP) is 3.35. The van der Waals surface area contributed by atoms with E-state index in [9.17, 15) is 9.90 Å². The fourth-order valence-corrected chi connectivity index (χ4v) is 2.91. The first-order valence-electron chi connectivity index (χ1n) is 6.37. The Morgan fingerprint density at radius 3 is 2.82 bits per heavy atom. The number of carboxylic acid groups (broad SMARTS) is 1. The zero-order valence-corrected chi connectivity index (χ0v) is 10.6. The molecule has 1 aromatic rings. The molecule has 1 fully saturated rings. The zero-order valence-electron chi connectivity index (χ0n) is 10.6. The van der Waals surface area contributed by atoms with E-state index in [1.165, 1.54) is 16.7 Å². The molecule has 1 N–H and O–H groups in total. The smallest absolute Gasteiger partial charge is 0.306 e. The van der Waals surface area contributed by atoms with Crippen LogP contribution >= 0.6 is 0 Å². The van der Waals surface area contributed by atoms with E-state index in [1.54, 1.807) is 0 Å². The number of hydrogen-bond acceptors (Lipinski definition) is 1. The Morgan fingerprint density at radius 1 is 1.35 bits per heavy atom. The fourth-order valence-electron chi connectivity index (χ4n) is 2.91. The van der Waals surface area contributed by atoms with Crippen LogP contribution in [-0.4, -0.2) is 11.1 Å². The Bertz CT molecular complexity index is 423. The van der Waals surface area contributed by atoms with Crippen molar-refractivity contribution >= 4 is 5.97 Å². The highest BCUT2D eigenvalue weighted by Gasteiger charge is 2.32. The Labute approximate surface area is 103 Å². The first-order valence-corrected chi connectivity index (χ1v) is 6.37. The molecule has 0 spiro atoms. The Hall–Kier alpha value is -1.31. The molecule has 2 heteroatoms. The van der Waals surface area contributed by atoms with Gasteiger partial charge in [-0.15, -0.1) is 0 Å². The molecule has 1 aliphatic rings. The summed E-state index contributed by atoms with van der Waals surface area (Å²) in [7, 11) is 0. The van der Waals surface area contributed by atoms with Gasteiger partial charge in [0, 0.05) is 0 Å². The van der Waals surface area contributed by atoms with E-state index in [1.807, 2.05) is 0 Å².